The van der Waals surface area contributed by atoms with Crippen molar-refractivity contribution in [1.82, 2.24) is 10.2 Å². The summed E-state index contributed by atoms with van der Waals surface area (Å²) in [6, 6.07) is 9.19. The third-order valence-electron chi connectivity index (χ3n) is 4.07. The molecule has 11 heteroatoms. The van der Waals surface area contributed by atoms with Gasteiger partial charge in [-0.2, -0.15) is 0 Å². The molecule has 1 N–H and O–H groups in total. The standard InChI is InChI=1S/C19H17N3O7S/c1-28-9-8-20-17(23)11-21-18(24)16(30-19(21)25)10-12-6-7-15(29-12)13-4-2-3-5-14(13)22(26)27/h2-7,10H,8-9,11H2,1H3,(H,20,23)/b16-10-. The van der Waals surface area contributed by atoms with Crippen LogP contribution in [0.1, 0.15) is 5.76 Å². The summed E-state index contributed by atoms with van der Waals surface area (Å²) in [5.41, 5.74) is 0.182. The number of rotatable bonds is 8. The summed E-state index contributed by atoms with van der Waals surface area (Å²) in [5, 5.41) is 13.2. The number of carbonyl (C=O) groups excluding carboxylic acids is 3. The first-order chi connectivity index (χ1) is 14.4. The molecule has 1 aromatic carbocycles. The Labute approximate surface area is 175 Å². The van der Waals surface area contributed by atoms with Crippen molar-refractivity contribution in [2.45, 2.75) is 0 Å². The van der Waals surface area contributed by atoms with Gasteiger partial charge in [0.15, 0.2) is 0 Å². The third-order valence-corrected chi connectivity index (χ3v) is 4.98. The highest BCUT2D eigenvalue weighted by atomic mass is 32.2. The van der Waals surface area contributed by atoms with E-state index < -0.39 is 28.5 Å². The number of hydrogen-bond donors (Lipinski definition) is 1. The molecule has 1 saturated heterocycles. The van der Waals surface area contributed by atoms with Crippen LogP contribution in [0.4, 0.5) is 10.5 Å². The highest BCUT2D eigenvalue weighted by Crippen LogP contribution is 2.35. The van der Waals surface area contributed by atoms with E-state index in [1.807, 2.05) is 0 Å². The van der Waals surface area contributed by atoms with Gasteiger partial charge < -0.3 is 14.5 Å². The van der Waals surface area contributed by atoms with E-state index in [4.69, 9.17) is 9.15 Å². The average molecular weight is 431 g/mol. The summed E-state index contributed by atoms with van der Waals surface area (Å²) >= 11 is 0.686. The van der Waals surface area contributed by atoms with Crippen molar-refractivity contribution >= 4 is 40.6 Å². The van der Waals surface area contributed by atoms with Crippen LogP contribution >= 0.6 is 11.8 Å². The smallest absolute Gasteiger partial charge is 0.294 e. The number of methoxy groups -OCH3 is 1. The summed E-state index contributed by atoms with van der Waals surface area (Å²) in [6.07, 6.45) is 1.37. The zero-order valence-corrected chi connectivity index (χ0v) is 16.6. The van der Waals surface area contributed by atoms with Crippen LogP contribution in [0, 0.1) is 10.1 Å². The Kier molecular flexibility index (Phi) is 6.65. The lowest BCUT2D eigenvalue weighted by atomic mass is 10.1. The van der Waals surface area contributed by atoms with Gasteiger partial charge in [0.2, 0.25) is 5.91 Å². The number of nitro benzene ring substituents is 1. The highest BCUT2D eigenvalue weighted by molar-refractivity contribution is 8.18. The van der Waals surface area contributed by atoms with Gasteiger partial charge in [-0.15, -0.1) is 0 Å². The predicted molar refractivity (Wildman–Crippen MR) is 108 cm³/mol. The van der Waals surface area contributed by atoms with E-state index in [1.165, 1.54) is 25.3 Å². The van der Waals surface area contributed by atoms with E-state index in [0.717, 1.165) is 4.90 Å². The number of nitrogens with one attached hydrogen (secondary N) is 1. The molecule has 0 spiro atoms. The van der Waals surface area contributed by atoms with Gasteiger partial charge >= 0.3 is 0 Å². The second-order valence-electron chi connectivity index (χ2n) is 6.09. The van der Waals surface area contributed by atoms with Crippen LogP contribution in [-0.4, -0.2) is 53.7 Å². The van der Waals surface area contributed by atoms with Crippen molar-refractivity contribution < 1.29 is 28.5 Å². The Balaban J connectivity index is 1.74. The molecular weight excluding hydrogens is 414 g/mol. The molecule has 3 amide bonds. The van der Waals surface area contributed by atoms with E-state index in [-0.39, 0.29) is 28.7 Å². The van der Waals surface area contributed by atoms with Gasteiger partial charge in [-0.3, -0.25) is 29.4 Å². The molecule has 10 nitrogen and oxygen atoms in total. The molecule has 0 saturated carbocycles. The summed E-state index contributed by atoms with van der Waals surface area (Å²) in [4.78, 5) is 48.1. The maximum absolute atomic E-state index is 12.5. The number of nitrogens with zero attached hydrogens (tertiary/aromatic N) is 2. The number of para-hydroxylation sites is 1. The second kappa shape index (κ2) is 9.37. The van der Waals surface area contributed by atoms with Gasteiger partial charge in [-0.05, 0) is 30.0 Å². The zero-order valence-electron chi connectivity index (χ0n) is 15.8. The Hall–Kier alpha value is -3.44. The summed E-state index contributed by atoms with van der Waals surface area (Å²) in [7, 11) is 1.49. The molecule has 1 fully saturated rings. The minimum Gasteiger partial charge on any atom is -0.456 e. The largest absolute Gasteiger partial charge is 0.456 e. The number of carbonyl (C=O) groups is 3. The molecule has 2 heterocycles. The third kappa shape index (κ3) is 4.75. The Morgan fingerprint density at radius 3 is 2.80 bits per heavy atom. The minimum atomic E-state index is -0.615. The number of imide groups is 1. The highest BCUT2D eigenvalue weighted by Gasteiger charge is 2.36. The Morgan fingerprint density at radius 1 is 1.30 bits per heavy atom. The maximum atomic E-state index is 12.5. The first kappa shape index (κ1) is 21.3. The van der Waals surface area contributed by atoms with Gasteiger partial charge in [0.25, 0.3) is 16.8 Å². The average Bonchev–Trinajstić information content (AvgIpc) is 3.28. The number of amides is 3. The predicted octanol–water partition coefficient (Wildman–Crippen LogP) is 2.65. The summed E-state index contributed by atoms with van der Waals surface area (Å²) < 4.78 is 10.4. The molecule has 0 atom stereocenters. The first-order valence-corrected chi connectivity index (χ1v) is 9.57. The topological polar surface area (TPSA) is 132 Å². The van der Waals surface area contributed by atoms with Gasteiger partial charge in [-0.1, -0.05) is 12.1 Å². The van der Waals surface area contributed by atoms with Crippen molar-refractivity contribution in [3.63, 3.8) is 0 Å². The van der Waals surface area contributed by atoms with Gasteiger partial charge in [0.05, 0.1) is 22.0 Å². The van der Waals surface area contributed by atoms with E-state index in [2.05, 4.69) is 5.32 Å². The molecule has 0 unspecified atom stereocenters. The van der Waals surface area contributed by atoms with Gasteiger partial charge in [0.1, 0.15) is 18.1 Å². The molecule has 0 bridgehead atoms. The van der Waals surface area contributed by atoms with Gasteiger partial charge in [0, 0.05) is 25.8 Å². The monoisotopic (exact) mass is 431 g/mol. The molecule has 1 aliphatic heterocycles. The summed E-state index contributed by atoms with van der Waals surface area (Å²) in [6.45, 7) is 0.182. The van der Waals surface area contributed by atoms with Crippen LogP contribution in [0.3, 0.4) is 0 Å². The summed E-state index contributed by atoms with van der Waals surface area (Å²) in [5.74, 6) is -0.591. The van der Waals surface area contributed by atoms with Crippen molar-refractivity contribution in [2.75, 3.05) is 26.8 Å². The molecule has 0 aliphatic carbocycles. The minimum absolute atomic E-state index is 0.0909. The van der Waals surface area contributed by atoms with Crippen molar-refractivity contribution in [3.05, 3.63) is 57.2 Å². The molecule has 3 rings (SSSR count). The van der Waals surface area contributed by atoms with Gasteiger partial charge in [-0.25, -0.2) is 0 Å². The van der Waals surface area contributed by atoms with Crippen molar-refractivity contribution in [3.8, 4) is 11.3 Å². The molecule has 1 aliphatic rings. The van der Waals surface area contributed by atoms with Crippen LogP contribution in [0.2, 0.25) is 0 Å². The lowest BCUT2D eigenvalue weighted by Gasteiger charge is -2.12. The van der Waals surface area contributed by atoms with E-state index in [9.17, 15) is 24.5 Å². The lowest BCUT2D eigenvalue weighted by molar-refractivity contribution is -0.384. The first-order valence-electron chi connectivity index (χ1n) is 8.75. The molecule has 0 radical (unpaired) electrons. The zero-order chi connectivity index (χ0) is 21.7. The van der Waals surface area contributed by atoms with Crippen LogP contribution < -0.4 is 5.32 Å². The number of ether oxygens (including phenoxy) is 1. The Bertz CT molecular complexity index is 1030. The van der Waals surface area contributed by atoms with Crippen molar-refractivity contribution in [2.24, 2.45) is 0 Å². The second-order valence-corrected chi connectivity index (χ2v) is 7.08. The number of furan rings is 1. The maximum Gasteiger partial charge on any atom is 0.294 e. The van der Waals surface area contributed by atoms with Crippen LogP contribution in [-0.2, 0) is 14.3 Å². The lowest BCUT2D eigenvalue weighted by Crippen LogP contribution is -2.40. The number of thioether (sulfide) groups is 1. The van der Waals surface area contributed by atoms with Crippen LogP contribution in [0.25, 0.3) is 17.4 Å². The quantitative estimate of drug-likeness (QED) is 0.292. The molecule has 2 aromatic rings. The van der Waals surface area contributed by atoms with E-state index >= 15 is 0 Å². The van der Waals surface area contributed by atoms with Crippen molar-refractivity contribution in [1.29, 1.82) is 0 Å². The SMILES string of the molecule is COCCNC(=O)CN1C(=O)S/C(=C\c2ccc(-c3ccccc3[N+](=O)[O-])o2)C1=O. The fourth-order valence-corrected chi connectivity index (χ4v) is 3.49. The number of nitro groups is 1. The van der Waals surface area contributed by atoms with Crippen LogP contribution in [0.5, 0.6) is 0 Å². The van der Waals surface area contributed by atoms with Crippen LogP contribution in [0.15, 0.2) is 45.7 Å². The van der Waals surface area contributed by atoms with E-state index in [1.54, 1.807) is 24.3 Å². The fraction of sp³-hybridized carbons (Fsp3) is 0.211. The molecule has 30 heavy (non-hydrogen) atoms. The Morgan fingerprint density at radius 2 is 2.07 bits per heavy atom. The molecule has 156 valence electrons. The number of hydrogen-bond acceptors (Lipinski definition) is 8. The molecular formula is C19H17N3O7S. The molecule has 1 aromatic heterocycles. The number of benzene rings is 1. The normalized spacial score (nSPS) is 15.1. The fourth-order valence-electron chi connectivity index (χ4n) is 2.67. The van der Waals surface area contributed by atoms with E-state index in [0.29, 0.717) is 23.9 Å².